The van der Waals surface area contributed by atoms with E-state index in [1.807, 2.05) is 97.1 Å². The van der Waals surface area contributed by atoms with E-state index in [0.717, 1.165) is 21.0 Å². The van der Waals surface area contributed by atoms with Gasteiger partial charge in [0.05, 0.1) is 21.6 Å². The molecule has 0 saturated heterocycles. The Kier molecular flexibility index (Phi) is 6.12. The molecule has 0 unspecified atom stereocenters. The Morgan fingerprint density at radius 2 is 1.70 bits per heavy atom. The Morgan fingerprint density at radius 3 is 2.54 bits per heavy atom. The summed E-state index contributed by atoms with van der Waals surface area (Å²) in [4.78, 5) is 18.2. The molecule has 6 rings (SSSR count). The molecule has 0 N–H and O–H groups in total. The first-order valence-electron chi connectivity index (χ1n) is 11.7. The minimum atomic E-state index is -0.279. The quantitative estimate of drug-likeness (QED) is 0.209. The average Bonchev–Trinajstić information content (AvgIpc) is 3.37. The molecule has 0 fully saturated rings. The second kappa shape index (κ2) is 9.87. The summed E-state index contributed by atoms with van der Waals surface area (Å²) < 4.78 is 14.0. The number of rotatable bonds is 6. The molecular formula is C30H20BrN3O3. The third-order valence-electron chi connectivity index (χ3n) is 5.92. The van der Waals surface area contributed by atoms with Crippen molar-refractivity contribution in [1.82, 2.24) is 9.66 Å². The fourth-order valence-corrected chi connectivity index (χ4v) is 4.57. The van der Waals surface area contributed by atoms with Gasteiger partial charge in [0, 0.05) is 5.39 Å². The topological polar surface area (TPSA) is 69.6 Å². The normalized spacial score (nSPS) is 11.5. The molecule has 4 aromatic carbocycles. The summed E-state index contributed by atoms with van der Waals surface area (Å²) in [6, 6.07) is 32.4. The molecule has 0 aliphatic heterocycles. The molecule has 0 spiro atoms. The number of benzene rings is 4. The highest BCUT2D eigenvalue weighted by atomic mass is 79.9. The van der Waals surface area contributed by atoms with Gasteiger partial charge in [-0.3, -0.25) is 4.79 Å². The summed E-state index contributed by atoms with van der Waals surface area (Å²) in [5.41, 5.74) is 2.89. The second-order valence-electron chi connectivity index (χ2n) is 8.43. The van der Waals surface area contributed by atoms with E-state index >= 15 is 0 Å². The van der Waals surface area contributed by atoms with Gasteiger partial charge in [-0.25, -0.2) is 4.98 Å². The van der Waals surface area contributed by atoms with Crippen LogP contribution in [0, 0.1) is 0 Å². The van der Waals surface area contributed by atoms with Gasteiger partial charge in [-0.15, -0.1) is 0 Å². The minimum absolute atomic E-state index is 0.279. The Balaban J connectivity index is 1.36. The molecule has 6 nitrogen and oxygen atoms in total. The lowest BCUT2D eigenvalue weighted by Gasteiger charge is -2.09. The molecule has 7 heteroatoms. The number of fused-ring (bicyclic) bond motifs is 2. The first kappa shape index (κ1) is 22.9. The van der Waals surface area contributed by atoms with Gasteiger partial charge >= 0.3 is 0 Å². The second-order valence-corrected chi connectivity index (χ2v) is 9.28. The van der Waals surface area contributed by atoms with Gasteiger partial charge in [0.15, 0.2) is 5.76 Å². The largest absolute Gasteiger partial charge is 0.488 e. The lowest BCUT2D eigenvalue weighted by atomic mass is 10.2. The van der Waals surface area contributed by atoms with Crippen molar-refractivity contribution in [2.75, 3.05) is 0 Å². The first-order chi connectivity index (χ1) is 18.2. The zero-order valence-electron chi connectivity index (χ0n) is 19.5. The van der Waals surface area contributed by atoms with Crippen LogP contribution in [0.25, 0.3) is 33.5 Å². The molecule has 180 valence electrons. The molecule has 2 aromatic heterocycles. The van der Waals surface area contributed by atoms with Crippen LogP contribution in [0.2, 0.25) is 0 Å². The van der Waals surface area contributed by atoms with Crippen LogP contribution in [-0.4, -0.2) is 15.9 Å². The summed E-state index contributed by atoms with van der Waals surface area (Å²) in [5, 5.41) is 5.93. The van der Waals surface area contributed by atoms with Crippen molar-refractivity contribution in [3.05, 3.63) is 129 Å². The molecule has 0 amide bonds. The van der Waals surface area contributed by atoms with Crippen molar-refractivity contribution in [2.24, 2.45) is 5.10 Å². The van der Waals surface area contributed by atoms with Crippen molar-refractivity contribution >= 4 is 44.0 Å². The number of hydrogen-bond donors (Lipinski definition) is 0. The van der Waals surface area contributed by atoms with E-state index in [-0.39, 0.29) is 5.56 Å². The van der Waals surface area contributed by atoms with Crippen LogP contribution < -0.4 is 10.3 Å². The van der Waals surface area contributed by atoms with Gasteiger partial charge in [-0.05, 0) is 69.5 Å². The standard InChI is InChI=1S/C30H20BrN3O3/c31-24-16-21(14-15-27(24)36-19-20-8-2-1-3-9-20)18-32-34-29(28-17-22-10-4-7-13-26(22)37-28)33-25-12-6-5-11-23(25)30(34)35/h1-18H,19H2. The fraction of sp³-hybridized carbons (Fsp3) is 0.0333. The van der Waals surface area contributed by atoms with E-state index in [1.54, 1.807) is 12.3 Å². The van der Waals surface area contributed by atoms with Gasteiger partial charge < -0.3 is 9.15 Å². The summed E-state index contributed by atoms with van der Waals surface area (Å²) >= 11 is 3.58. The Bertz CT molecular complexity index is 1790. The highest BCUT2D eigenvalue weighted by molar-refractivity contribution is 9.10. The molecule has 0 aliphatic carbocycles. The Hall–Kier alpha value is -4.49. The summed E-state index contributed by atoms with van der Waals surface area (Å²) in [7, 11) is 0. The summed E-state index contributed by atoms with van der Waals surface area (Å²) in [6.07, 6.45) is 1.62. The van der Waals surface area contributed by atoms with Crippen molar-refractivity contribution < 1.29 is 9.15 Å². The molecule has 0 bridgehead atoms. The number of furan rings is 1. The number of nitrogens with zero attached hydrogens (tertiary/aromatic N) is 3. The number of halogens is 1. The molecule has 0 radical (unpaired) electrons. The lowest BCUT2D eigenvalue weighted by molar-refractivity contribution is 0.304. The predicted molar refractivity (Wildman–Crippen MR) is 149 cm³/mol. The average molecular weight is 550 g/mol. The van der Waals surface area contributed by atoms with E-state index in [1.165, 1.54) is 4.68 Å². The summed E-state index contributed by atoms with van der Waals surface area (Å²) in [6.45, 7) is 0.464. The van der Waals surface area contributed by atoms with Gasteiger partial charge in [-0.1, -0.05) is 60.7 Å². The molecule has 6 aromatic rings. The van der Waals surface area contributed by atoms with Crippen molar-refractivity contribution in [2.45, 2.75) is 6.61 Å². The molecular weight excluding hydrogens is 530 g/mol. The monoisotopic (exact) mass is 549 g/mol. The highest BCUT2D eigenvalue weighted by Gasteiger charge is 2.16. The predicted octanol–water partition coefficient (Wildman–Crippen LogP) is 7.03. The molecule has 0 saturated carbocycles. The van der Waals surface area contributed by atoms with Crippen LogP contribution in [0.5, 0.6) is 5.75 Å². The van der Waals surface area contributed by atoms with Crippen LogP contribution >= 0.6 is 15.9 Å². The van der Waals surface area contributed by atoms with Crippen LogP contribution in [0.4, 0.5) is 0 Å². The minimum Gasteiger partial charge on any atom is -0.488 e. The zero-order chi connectivity index (χ0) is 25.2. The van der Waals surface area contributed by atoms with Gasteiger partial charge in [0.1, 0.15) is 17.9 Å². The first-order valence-corrected chi connectivity index (χ1v) is 12.5. The number of para-hydroxylation sites is 2. The summed E-state index contributed by atoms with van der Waals surface area (Å²) in [5.74, 6) is 1.51. The molecule has 2 heterocycles. The van der Waals surface area contributed by atoms with Gasteiger partial charge in [0.2, 0.25) is 5.82 Å². The van der Waals surface area contributed by atoms with Gasteiger partial charge in [0.25, 0.3) is 5.56 Å². The zero-order valence-corrected chi connectivity index (χ0v) is 21.1. The number of aromatic nitrogens is 2. The fourth-order valence-electron chi connectivity index (χ4n) is 4.06. The maximum atomic E-state index is 13.4. The van der Waals surface area contributed by atoms with E-state index in [4.69, 9.17) is 14.1 Å². The Morgan fingerprint density at radius 1 is 0.919 bits per heavy atom. The van der Waals surface area contributed by atoms with Crippen molar-refractivity contribution in [3.8, 4) is 17.3 Å². The molecule has 0 aliphatic rings. The maximum Gasteiger partial charge on any atom is 0.282 e. The van der Waals surface area contributed by atoms with E-state index < -0.39 is 0 Å². The third kappa shape index (κ3) is 4.69. The van der Waals surface area contributed by atoms with E-state index in [0.29, 0.717) is 40.4 Å². The van der Waals surface area contributed by atoms with Crippen LogP contribution in [0.1, 0.15) is 11.1 Å². The third-order valence-corrected chi connectivity index (χ3v) is 6.53. The smallest absolute Gasteiger partial charge is 0.282 e. The SMILES string of the molecule is O=c1c2ccccc2nc(-c2cc3ccccc3o2)n1N=Cc1ccc(OCc2ccccc2)c(Br)c1. The number of ether oxygens (including phenoxy) is 1. The molecule has 0 atom stereocenters. The van der Waals surface area contributed by atoms with E-state index in [2.05, 4.69) is 21.0 Å². The van der Waals surface area contributed by atoms with Crippen LogP contribution in [0.3, 0.4) is 0 Å². The number of hydrogen-bond acceptors (Lipinski definition) is 5. The van der Waals surface area contributed by atoms with Crippen molar-refractivity contribution in [3.63, 3.8) is 0 Å². The lowest BCUT2D eigenvalue weighted by Crippen LogP contribution is -2.20. The molecule has 37 heavy (non-hydrogen) atoms. The Labute approximate surface area is 220 Å². The maximum absolute atomic E-state index is 13.4. The van der Waals surface area contributed by atoms with Crippen LogP contribution in [-0.2, 0) is 6.61 Å². The highest BCUT2D eigenvalue weighted by Crippen LogP contribution is 2.28. The van der Waals surface area contributed by atoms with Gasteiger partial charge in [-0.2, -0.15) is 9.78 Å². The van der Waals surface area contributed by atoms with Crippen molar-refractivity contribution in [1.29, 1.82) is 0 Å². The van der Waals surface area contributed by atoms with E-state index in [9.17, 15) is 4.79 Å². The van der Waals surface area contributed by atoms with Crippen LogP contribution in [0.15, 0.2) is 122 Å².